The van der Waals surface area contributed by atoms with Gasteiger partial charge in [0.2, 0.25) is 12.7 Å². The van der Waals surface area contributed by atoms with Crippen LogP contribution in [-0.2, 0) is 16.1 Å². The molecule has 2 heterocycles. The molecule has 2 atom stereocenters. The summed E-state index contributed by atoms with van der Waals surface area (Å²) in [6.45, 7) is 3.92. The van der Waals surface area contributed by atoms with Gasteiger partial charge in [0.15, 0.2) is 11.5 Å². The van der Waals surface area contributed by atoms with Crippen LogP contribution in [0.25, 0.3) is 0 Å². The van der Waals surface area contributed by atoms with E-state index in [9.17, 15) is 19.5 Å². The number of ether oxygens (including phenoxy) is 2. The van der Waals surface area contributed by atoms with Crippen LogP contribution in [0.5, 0.6) is 11.5 Å². The first kappa shape index (κ1) is 19.9. The van der Waals surface area contributed by atoms with Crippen LogP contribution in [-0.4, -0.2) is 53.3 Å². The molecule has 3 rings (SSSR count). The maximum Gasteiger partial charge on any atom is 0.325 e. The van der Waals surface area contributed by atoms with Crippen LogP contribution in [0.2, 0.25) is 0 Å². The minimum absolute atomic E-state index is 0.0811. The summed E-state index contributed by atoms with van der Waals surface area (Å²) in [7, 11) is 0. The van der Waals surface area contributed by atoms with Crippen LogP contribution in [0.3, 0.4) is 0 Å². The van der Waals surface area contributed by atoms with E-state index in [0.29, 0.717) is 11.5 Å². The van der Waals surface area contributed by atoms with Crippen molar-refractivity contribution < 1.29 is 29.0 Å². The number of hydrogen-bond acceptors (Lipinski definition) is 6. The monoisotopic (exact) mass is 391 g/mol. The first-order valence-corrected chi connectivity index (χ1v) is 9.29. The molecule has 152 valence electrons. The van der Waals surface area contributed by atoms with Gasteiger partial charge in [-0.05, 0) is 30.0 Å². The third-order valence-corrected chi connectivity index (χ3v) is 4.89. The highest BCUT2D eigenvalue weighted by Crippen LogP contribution is 2.33. The van der Waals surface area contributed by atoms with E-state index >= 15 is 0 Å². The van der Waals surface area contributed by atoms with Gasteiger partial charge in [-0.3, -0.25) is 14.5 Å². The minimum atomic E-state index is -0.737. The topological polar surface area (TPSA) is 117 Å². The fourth-order valence-electron chi connectivity index (χ4n) is 3.12. The summed E-state index contributed by atoms with van der Waals surface area (Å²) >= 11 is 0. The molecule has 9 heteroatoms. The van der Waals surface area contributed by atoms with Crippen molar-refractivity contribution in [2.45, 2.75) is 45.3 Å². The molecular weight excluding hydrogens is 366 g/mol. The molecule has 3 N–H and O–H groups in total. The standard InChI is InChI=1S/C19H25N3O6/c1-11(2)14(9-23)20-17(24)6-4-13-18(25)22(19(26)21-13)8-12-3-5-15-16(7-12)28-10-27-15/h3,5,7,11,13-14,23H,4,6,8-10H2,1-2H3,(H,20,24)(H,21,26)/t13-,14+/m1/s1. The second-order valence-electron chi connectivity index (χ2n) is 7.25. The second-order valence-corrected chi connectivity index (χ2v) is 7.25. The zero-order valence-corrected chi connectivity index (χ0v) is 15.9. The van der Waals surface area contributed by atoms with Crippen molar-refractivity contribution in [1.82, 2.24) is 15.5 Å². The first-order valence-electron chi connectivity index (χ1n) is 9.29. The number of nitrogens with one attached hydrogen (secondary N) is 2. The van der Waals surface area contributed by atoms with Gasteiger partial charge in [-0.2, -0.15) is 0 Å². The van der Waals surface area contributed by atoms with Gasteiger partial charge in [0.25, 0.3) is 5.91 Å². The Labute approximate surface area is 163 Å². The highest BCUT2D eigenvalue weighted by atomic mass is 16.7. The highest BCUT2D eigenvalue weighted by molar-refractivity contribution is 6.04. The van der Waals surface area contributed by atoms with E-state index in [-0.39, 0.29) is 56.6 Å². The van der Waals surface area contributed by atoms with Crippen LogP contribution in [0.4, 0.5) is 4.79 Å². The van der Waals surface area contributed by atoms with Crippen molar-refractivity contribution in [2.75, 3.05) is 13.4 Å². The fraction of sp³-hybridized carbons (Fsp3) is 0.526. The maximum atomic E-state index is 12.6. The molecule has 1 saturated heterocycles. The number of carbonyl (C=O) groups excluding carboxylic acids is 3. The van der Waals surface area contributed by atoms with Crippen LogP contribution < -0.4 is 20.1 Å². The number of benzene rings is 1. The largest absolute Gasteiger partial charge is 0.454 e. The summed E-state index contributed by atoms with van der Waals surface area (Å²) in [6, 6.07) is 3.70. The molecule has 0 bridgehead atoms. The Balaban J connectivity index is 1.54. The molecule has 2 aliphatic rings. The second kappa shape index (κ2) is 8.47. The summed E-state index contributed by atoms with van der Waals surface area (Å²) in [5.41, 5.74) is 0.744. The molecule has 1 aromatic carbocycles. The Morgan fingerprint density at radius 3 is 2.79 bits per heavy atom. The van der Waals surface area contributed by atoms with Crippen LogP contribution in [0.1, 0.15) is 32.3 Å². The molecule has 9 nitrogen and oxygen atoms in total. The van der Waals surface area contributed by atoms with Crippen molar-refractivity contribution >= 4 is 17.8 Å². The first-order chi connectivity index (χ1) is 13.4. The number of fused-ring (bicyclic) bond motifs is 1. The van der Waals surface area contributed by atoms with E-state index in [1.165, 1.54) is 0 Å². The predicted molar refractivity (Wildman–Crippen MR) is 98.5 cm³/mol. The normalized spacial score (nSPS) is 19.1. The van der Waals surface area contributed by atoms with E-state index in [1.807, 2.05) is 13.8 Å². The smallest absolute Gasteiger partial charge is 0.325 e. The third kappa shape index (κ3) is 4.36. The van der Waals surface area contributed by atoms with E-state index in [2.05, 4.69) is 10.6 Å². The SMILES string of the molecule is CC(C)[C@H](CO)NC(=O)CC[C@H]1NC(=O)N(Cc2ccc3c(c2)OCO3)C1=O. The van der Waals surface area contributed by atoms with Crippen LogP contribution in [0.15, 0.2) is 18.2 Å². The Bertz CT molecular complexity index is 766. The predicted octanol–water partition coefficient (Wildman–Crippen LogP) is 0.749. The highest BCUT2D eigenvalue weighted by Gasteiger charge is 2.38. The van der Waals surface area contributed by atoms with Crippen molar-refractivity contribution in [3.63, 3.8) is 0 Å². The summed E-state index contributed by atoms with van der Waals surface area (Å²) in [5, 5.41) is 14.6. The lowest BCUT2D eigenvalue weighted by Crippen LogP contribution is -2.42. The Morgan fingerprint density at radius 1 is 1.32 bits per heavy atom. The van der Waals surface area contributed by atoms with Crippen molar-refractivity contribution in [3.05, 3.63) is 23.8 Å². The van der Waals surface area contributed by atoms with Gasteiger partial charge in [-0.25, -0.2) is 4.79 Å². The number of hydrogen-bond donors (Lipinski definition) is 3. The Hall–Kier alpha value is -2.81. The number of rotatable bonds is 8. The van der Waals surface area contributed by atoms with Crippen LogP contribution in [0, 0.1) is 5.92 Å². The summed E-state index contributed by atoms with van der Waals surface area (Å²) in [5.74, 6) is 0.690. The Kier molecular flexibility index (Phi) is 6.03. The quantitative estimate of drug-likeness (QED) is 0.563. The van der Waals surface area contributed by atoms with Gasteiger partial charge in [-0.1, -0.05) is 19.9 Å². The molecule has 1 fully saturated rings. The van der Waals surface area contributed by atoms with E-state index < -0.39 is 12.1 Å². The molecule has 2 aliphatic heterocycles. The van der Waals surface area contributed by atoms with Crippen molar-refractivity contribution in [3.8, 4) is 11.5 Å². The molecule has 0 aliphatic carbocycles. The molecular formula is C19H25N3O6. The maximum absolute atomic E-state index is 12.6. The van der Waals surface area contributed by atoms with Crippen molar-refractivity contribution in [1.29, 1.82) is 0 Å². The molecule has 0 aromatic heterocycles. The third-order valence-electron chi connectivity index (χ3n) is 4.89. The van der Waals surface area contributed by atoms with Crippen molar-refractivity contribution in [2.24, 2.45) is 5.92 Å². The molecule has 4 amide bonds. The number of imide groups is 1. The van der Waals surface area contributed by atoms with Gasteiger partial charge >= 0.3 is 6.03 Å². The van der Waals surface area contributed by atoms with E-state index in [1.54, 1.807) is 18.2 Å². The number of nitrogens with zero attached hydrogens (tertiary/aromatic N) is 1. The van der Waals surface area contributed by atoms with Gasteiger partial charge in [0, 0.05) is 6.42 Å². The van der Waals surface area contributed by atoms with Gasteiger partial charge in [-0.15, -0.1) is 0 Å². The average molecular weight is 391 g/mol. The molecule has 0 saturated carbocycles. The lowest BCUT2D eigenvalue weighted by atomic mass is 10.0. The van der Waals surface area contributed by atoms with Gasteiger partial charge in [0.1, 0.15) is 6.04 Å². The number of amides is 4. The van der Waals surface area contributed by atoms with Crippen LogP contribution >= 0.6 is 0 Å². The average Bonchev–Trinajstić information content (AvgIpc) is 3.23. The molecule has 28 heavy (non-hydrogen) atoms. The molecule has 0 radical (unpaired) electrons. The summed E-state index contributed by atoms with van der Waals surface area (Å²) in [6.07, 6.45) is 0.280. The lowest BCUT2D eigenvalue weighted by Gasteiger charge is -2.20. The summed E-state index contributed by atoms with van der Waals surface area (Å²) in [4.78, 5) is 38.0. The molecule has 0 unspecified atom stereocenters. The zero-order valence-electron chi connectivity index (χ0n) is 15.9. The fourth-order valence-corrected chi connectivity index (χ4v) is 3.12. The minimum Gasteiger partial charge on any atom is -0.454 e. The molecule has 1 aromatic rings. The Morgan fingerprint density at radius 2 is 2.07 bits per heavy atom. The van der Waals surface area contributed by atoms with Gasteiger partial charge < -0.3 is 25.2 Å². The molecule has 0 spiro atoms. The van der Waals surface area contributed by atoms with E-state index in [4.69, 9.17) is 9.47 Å². The number of urea groups is 1. The van der Waals surface area contributed by atoms with E-state index in [0.717, 1.165) is 10.5 Å². The number of aliphatic hydroxyl groups excluding tert-OH is 1. The number of aliphatic hydroxyl groups is 1. The number of carbonyl (C=O) groups is 3. The van der Waals surface area contributed by atoms with Gasteiger partial charge in [0.05, 0.1) is 19.2 Å². The zero-order chi connectivity index (χ0) is 20.3. The lowest BCUT2D eigenvalue weighted by molar-refractivity contribution is -0.128. The summed E-state index contributed by atoms with van der Waals surface area (Å²) < 4.78 is 10.6.